The summed E-state index contributed by atoms with van der Waals surface area (Å²) in [6, 6.07) is 9.58. The summed E-state index contributed by atoms with van der Waals surface area (Å²) in [6.07, 6.45) is 11.7. The van der Waals surface area contributed by atoms with Crippen LogP contribution in [0.2, 0.25) is 0 Å². The van der Waals surface area contributed by atoms with Crippen LogP contribution in [-0.4, -0.2) is 0 Å². The first-order valence-electron chi connectivity index (χ1n) is 9.42. The maximum absolute atomic E-state index is 12.1. The van der Waals surface area contributed by atoms with E-state index in [2.05, 4.69) is 45.9 Å². The largest absolute Gasteiger partial charge is 0.423 e. The fraction of sp³-hybridized carbons (Fsp3) is 0.375. The van der Waals surface area contributed by atoms with E-state index in [9.17, 15) is 4.79 Å². The van der Waals surface area contributed by atoms with Crippen molar-refractivity contribution in [3.05, 3.63) is 81.3 Å². The van der Waals surface area contributed by atoms with E-state index in [0.29, 0.717) is 12.0 Å². The van der Waals surface area contributed by atoms with Gasteiger partial charge in [-0.1, -0.05) is 53.1 Å². The third-order valence-corrected chi connectivity index (χ3v) is 4.51. The molecule has 0 aliphatic rings. The quantitative estimate of drug-likeness (QED) is 0.389. The fourth-order valence-electron chi connectivity index (χ4n) is 2.87. The van der Waals surface area contributed by atoms with Gasteiger partial charge in [-0.25, -0.2) is 4.79 Å². The molecule has 1 heterocycles. The number of hydrogen-bond donors (Lipinski definition) is 0. The minimum Gasteiger partial charge on any atom is -0.423 e. The molecule has 0 bridgehead atoms. The summed E-state index contributed by atoms with van der Waals surface area (Å²) in [7, 11) is 0. The molecule has 2 nitrogen and oxygen atoms in total. The van der Waals surface area contributed by atoms with Gasteiger partial charge in [0.25, 0.3) is 0 Å². The van der Waals surface area contributed by atoms with Crippen LogP contribution in [0.5, 0.6) is 0 Å². The molecule has 1 aromatic carbocycles. The lowest BCUT2D eigenvalue weighted by Crippen LogP contribution is -2.06. The van der Waals surface area contributed by atoms with Gasteiger partial charge in [0.05, 0.1) is 0 Å². The van der Waals surface area contributed by atoms with Crippen molar-refractivity contribution in [2.75, 3.05) is 0 Å². The summed E-state index contributed by atoms with van der Waals surface area (Å²) in [4.78, 5) is 12.1. The van der Waals surface area contributed by atoms with Crippen LogP contribution < -0.4 is 5.63 Å². The zero-order chi connectivity index (χ0) is 18.9. The Hall–Kier alpha value is -2.35. The van der Waals surface area contributed by atoms with Crippen molar-refractivity contribution >= 4 is 11.0 Å². The van der Waals surface area contributed by atoms with Crippen LogP contribution in [-0.2, 0) is 6.42 Å². The number of fused-ring (bicyclic) bond motifs is 1. The van der Waals surface area contributed by atoms with Crippen LogP contribution in [0.1, 0.15) is 58.9 Å². The molecule has 2 heteroatoms. The summed E-state index contributed by atoms with van der Waals surface area (Å²) in [5.41, 5.74) is 5.28. The van der Waals surface area contributed by atoms with Gasteiger partial charge in [0, 0.05) is 10.9 Å². The Morgan fingerprint density at radius 1 is 0.923 bits per heavy atom. The lowest BCUT2D eigenvalue weighted by Gasteiger charge is -2.03. The van der Waals surface area contributed by atoms with Gasteiger partial charge in [-0.15, -0.1) is 0 Å². The molecule has 0 unspecified atom stereocenters. The predicted octanol–water partition coefficient (Wildman–Crippen LogP) is 6.75. The molecule has 0 N–H and O–H groups in total. The molecular formula is C24H30O2. The zero-order valence-electron chi connectivity index (χ0n) is 16.5. The fourth-order valence-corrected chi connectivity index (χ4v) is 2.87. The lowest BCUT2D eigenvalue weighted by atomic mass is 10.0. The smallest absolute Gasteiger partial charge is 0.339 e. The van der Waals surface area contributed by atoms with Crippen LogP contribution in [0.15, 0.2) is 74.5 Å². The number of benzene rings is 1. The Kier molecular flexibility index (Phi) is 7.65. The topological polar surface area (TPSA) is 30.2 Å². The van der Waals surface area contributed by atoms with Crippen molar-refractivity contribution in [1.29, 1.82) is 0 Å². The van der Waals surface area contributed by atoms with Crippen molar-refractivity contribution in [1.82, 2.24) is 0 Å². The van der Waals surface area contributed by atoms with E-state index in [1.807, 2.05) is 30.3 Å². The average Bonchev–Trinajstić information content (AvgIpc) is 2.59. The van der Waals surface area contributed by atoms with Crippen LogP contribution in [0.25, 0.3) is 11.0 Å². The van der Waals surface area contributed by atoms with E-state index < -0.39 is 0 Å². The molecule has 138 valence electrons. The second-order valence-electron chi connectivity index (χ2n) is 7.26. The first kappa shape index (κ1) is 20.0. The third-order valence-electron chi connectivity index (χ3n) is 4.51. The monoisotopic (exact) mass is 350 g/mol. The van der Waals surface area contributed by atoms with Gasteiger partial charge in [-0.2, -0.15) is 0 Å². The molecule has 0 aliphatic heterocycles. The van der Waals surface area contributed by atoms with Crippen molar-refractivity contribution in [3.8, 4) is 0 Å². The summed E-state index contributed by atoms with van der Waals surface area (Å²) < 4.78 is 5.39. The van der Waals surface area contributed by atoms with E-state index in [0.717, 1.165) is 36.6 Å². The highest BCUT2D eigenvalue weighted by Gasteiger charge is 2.03. The average molecular weight is 351 g/mol. The molecule has 1 aromatic heterocycles. The summed E-state index contributed by atoms with van der Waals surface area (Å²) in [5.74, 6) is 0. The maximum atomic E-state index is 12.1. The molecule has 0 fully saturated rings. The van der Waals surface area contributed by atoms with Crippen LogP contribution in [0.3, 0.4) is 0 Å². The Morgan fingerprint density at radius 3 is 2.31 bits per heavy atom. The first-order chi connectivity index (χ1) is 12.5. The minimum atomic E-state index is -0.234. The summed E-state index contributed by atoms with van der Waals surface area (Å²) in [5, 5.41) is 0.975. The van der Waals surface area contributed by atoms with Gasteiger partial charge in [-0.3, -0.25) is 0 Å². The van der Waals surface area contributed by atoms with Gasteiger partial charge < -0.3 is 4.42 Å². The van der Waals surface area contributed by atoms with Gasteiger partial charge >= 0.3 is 5.63 Å². The van der Waals surface area contributed by atoms with E-state index in [1.54, 1.807) is 0 Å². The van der Waals surface area contributed by atoms with Crippen LogP contribution in [0, 0.1) is 0 Å². The van der Waals surface area contributed by atoms with Gasteiger partial charge in [0.15, 0.2) is 0 Å². The normalized spacial score (nSPS) is 12.5. The van der Waals surface area contributed by atoms with Crippen molar-refractivity contribution in [2.24, 2.45) is 0 Å². The van der Waals surface area contributed by atoms with E-state index in [-0.39, 0.29) is 5.63 Å². The Morgan fingerprint density at radius 2 is 1.58 bits per heavy atom. The second kappa shape index (κ2) is 9.96. The van der Waals surface area contributed by atoms with E-state index in [4.69, 9.17) is 4.42 Å². The SMILES string of the molecule is CC(C)=CCCC(C)=CCCC(C)=CCc1cc2ccccc2oc1=O. The molecule has 0 saturated carbocycles. The van der Waals surface area contributed by atoms with Crippen molar-refractivity contribution < 1.29 is 4.42 Å². The molecule has 2 rings (SSSR count). The highest BCUT2D eigenvalue weighted by atomic mass is 16.4. The highest BCUT2D eigenvalue weighted by molar-refractivity contribution is 5.76. The lowest BCUT2D eigenvalue weighted by molar-refractivity contribution is 0.553. The van der Waals surface area contributed by atoms with Gasteiger partial charge in [0.1, 0.15) is 5.58 Å². The molecule has 0 saturated heterocycles. The number of rotatable bonds is 8. The van der Waals surface area contributed by atoms with Crippen molar-refractivity contribution in [3.63, 3.8) is 0 Å². The standard InChI is InChI=1S/C24H30O2/c1-18(2)9-7-10-19(3)11-8-12-20(4)15-16-22-17-21-13-5-6-14-23(21)26-24(22)25/h5-6,9,11,13-15,17H,7-8,10,12,16H2,1-4H3. The molecule has 26 heavy (non-hydrogen) atoms. The second-order valence-corrected chi connectivity index (χ2v) is 7.26. The van der Waals surface area contributed by atoms with E-state index >= 15 is 0 Å². The van der Waals surface area contributed by atoms with Gasteiger partial charge in [-0.05, 0) is 71.9 Å². The molecule has 0 spiro atoms. The summed E-state index contributed by atoms with van der Waals surface area (Å²) >= 11 is 0. The Balaban J connectivity index is 1.89. The molecule has 2 aromatic rings. The van der Waals surface area contributed by atoms with E-state index in [1.165, 1.54) is 16.7 Å². The number of allylic oxidation sites excluding steroid dienone is 6. The molecular weight excluding hydrogens is 320 g/mol. The molecule has 0 radical (unpaired) electrons. The predicted molar refractivity (Wildman–Crippen MR) is 112 cm³/mol. The first-order valence-corrected chi connectivity index (χ1v) is 9.42. The van der Waals surface area contributed by atoms with Gasteiger partial charge in [0.2, 0.25) is 0 Å². The van der Waals surface area contributed by atoms with Crippen LogP contribution in [0.4, 0.5) is 0 Å². The Labute approximate surface area is 156 Å². The molecule has 0 amide bonds. The summed E-state index contributed by atoms with van der Waals surface area (Å²) in [6.45, 7) is 8.62. The third kappa shape index (κ3) is 6.51. The number of para-hydroxylation sites is 1. The van der Waals surface area contributed by atoms with Crippen LogP contribution >= 0.6 is 0 Å². The zero-order valence-corrected chi connectivity index (χ0v) is 16.5. The van der Waals surface area contributed by atoms with Crippen molar-refractivity contribution in [2.45, 2.75) is 59.8 Å². The molecule has 0 atom stereocenters. The maximum Gasteiger partial charge on any atom is 0.339 e. The highest BCUT2D eigenvalue weighted by Crippen LogP contribution is 2.15. The Bertz CT molecular complexity index is 874. The number of hydrogen-bond acceptors (Lipinski definition) is 2. The molecule has 0 aliphatic carbocycles. The minimum absolute atomic E-state index is 0.234.